The number of benzene rings is 3. The molecule has 0 fully saturated rings. The Kier molecular flexibility index (Phi) is 16.7. The van der Waals surface area contributed by atoms with Crippen molar-refractivity contribution in [1.82, 2.24) is 0 Å². The second kappa shape index (κ2) is 19.6. The molecule has 228 valence electrons. The first-order valence-corrected chi connectivity index (χ1v) is 14.5. The molecule has 3 aromatic carbocycles. The Morgan fingerprint density at radius 2 is 1.09 bits per heavy atom. The molecule has 4 rings (SSSR count). The van der Waals surface area contributed by atoms with E-state index in [0.717, 1.165) is 24.3 Å². The average molecular weight is 646 g/mol. The topological polar surface area (TPSA) is 170 Å². The Hall–Kier alpha value is -2.60. The number of hydrogen-bond acceptors (Lipinski definition) is 11. The predicted octanol–water partition coefficient (Wildman–Crippen LogP) is 3.10. The molecule has 43 heavy (non-hydrogen) atoms. The van der Waals surface area contributed by atoms with E-state index in [1.54, 1.807) is 0 Å². The summed E-state index contributed by atoms with van der Waals surface area (Å²) >= 11 is 0. The molecule has 1 heterocycles. The van der Waals surface area contributed by atoms with Crippen LogP contribution in [0, 0.1) is 10.1 Å². The summed E-state index contributed by atoms with van der Waals surface area (Å²) in [6.45, 7) is 3.95. The van der Waals surface area contributed by atoms with Crippen molar-refractivity contribution in [2.75, 3.05) is 58.6 Å². The first-order valence-electron chi connectivity index (χ1n) is 12.8. The number of carbonyl (C=O) groups is 1. The number of nitro benzene ring substituents is 1. The zero-order valence-electron chi connectivity index (χ0n) is 22.6. The molecule has 0 spiro atoms. The van der Waals surface area contributed by atoms with Gasteiger partial charge in [0.15, 0.2) is 38.6 Å². The van der Waals surface area contributed by atoms with Crippen LogP contribution in [0.15, 0.2) is 77.7 Å². The van der Waals surface area contributed by atoms with Crippen molar-refractivity contribution in [3.8, 4) is 23.0 Å². The maximum atomic E-state index is 11.4. The van der Waals surface area contributed by atoms with Gasteiger partial charge in [-0.25, -0.2) is 8.42 Å². The standard InChI is InChI=1S/C20H24O6.C8H7NO6S.K.H/c1-3-7-19-17(5-1)24-15-13-22-11-9-21-10-12-23-14-16-25-18-6-2-4-8-20(18)26-19;10-8(11)5-16(14,15)7-3-1-6(2-4-7)9(12)13;;/h1-8H,9-16H2;1-4H,5H2,(H,10,11);;. The van der Waals surface area contributed by atoms with Crippen LogP contribution in [0.25, 0.3) is 0 Å². The molecular weight excluding hydrogens is 613 g/mol. The largest absolute Gasteiger partial charge is 0.487 e. The summed E-state index contributed by atoms with van der Waals surface area (Å²) in [5, 5.41) is 18.7. The van der Waals surface area contributed by atoms with Gasteiger partial charge in [0.25, 0.3) is 5.69 Å². The van der Waals surface area contributed by atoms with Crippen LogP contribution >= 0.6 is 0 Å². The number of non-ortho nitro benzene ring substituents is 1. The smallest absolute Gasteiger partial charge is 0.169 e. The summed E-state index contributed by atoms with van der Waals surface area (Å²) in [6, 6.07) is 19.1. The van der Waals surface area contributed by atoms with E-state index in [0.29, 0.717) is 75.9 Å². The van der Waals surface area contributed by atoms with Gasteiger partial charge in [-0.05, 0) is 36.4 Å². The number of fused-ring (bicyclic) bond motifs is 2. The summed E-state index contributed by atoms with van der Waals surface area (Å²) in [5.74, 6) is 0.0650. The molecule has 0 saturated heterocycles. The molecule has 0 unspecified atom stereocenters. The Bertz CT molecular complexity index is 1350. The van der Waals surface area contributed by atoms with E-state index < -0.39 is 26.5 Å². The van der Waals surface area contributed by atoms with Crippen LogP contribution in [0.1, 0.15) is 0 Å². The number of rotatable bonds is 4. The third kappa shape index (κ3) is 13.3. The zero-order chi connectivity index (χ0) is 30.2. The summed E-state index contributed by atoms with van der Waals surface area (Å²) in [7, 11) is -3.92. The van der Waals surface area contributed by atoms with Gasteiger partial charge >= 0.3 is 57.4 Å². The summed E-state index contributed by atoms with van der Waals surface area (Å²) in [4.78, 5) is 19.7. The minimum absolute atomic E-state index is 0. The normalized spacial score (nSPS) is 14.5. The van der Waals surface area contributed by atoms with E-state index >= 15 is 0 Å². The minimum atomic E-state index is -3.92. The zero-order valence-corrected chi connectivity index (χ0v) is 23.4. The third-order valence-corrected chi connectivity index (χ3v) is 6.97. The number of nitrogens with zero attached hydrogens (tertiary/aromatic N) is 1. The Morgan fingerprint density at radius 1 is 0.698 bits per heavy atom. The molecule has 1 N–H and O–H groups in total. The van der Waals surface area contributed by atoms with E-state index in [1.807, 2.05) is 48.5 Å². The maximum Gasteiger partial charge on any atom is 0.169 e. The number of carboxylic acid groups (broad SMARTS) is 1. The van der Waals surface area contributed by atoms with E-state index in [4.69, 9.17) is 33.5 Å². The van der Waals surface area contributed by atoms with E-state index in [2.05, 4.69) is 0 Å². The fourth-order valence-corrected chi connectivity index (χ4v) is 4.45. The van der Waals surface area contributed by atoms with Crippen LogP contribution in [0.4, 0.5) is 5.69 Å². The van der Waals surface area contributed by atoms with Crippen molar-refractivity contribution in [3.05, 3.63) is 82.9 Å². The van der Waals surface area contributed by atoms with Gasteiger partial charge in [0, 0.05) is 12.1 Å². The second-order valence-electron chi connectivity index (χ2n) is 8.43. The molecule has 0 bridgehead atoms. The quantitative estimate of drug-likeness (QED) is 0.250. The number of ether oxygens (including phenoxy) is 6. The van der Waals surface area contributed by atoms with E-state index in [9.17, 15) is 23.3 Å². The molecule has 15 heteroatoms. The fourth-order valence-electron chi connectivity index (χ4n) is 3.41. The minimum Gasteiger partial charge on any atom is -0.487 e. The molecule has 0 amide bonds. The van der Waals surface area contributed by atoms with Crippen LogP contribution in [-0.4, -0.2) is 134 Å². The summed E-state index contributed by atoms with van der Waals surface area (Å²) < 4.78 is 56.8. The van der Waals surface area contributed by atoms with Gasteiger partial charge < -0.3 is 33.5 Å². The molecular formula is C28H32KNO12S. The van der Waals surface area contributed by atoms with Crippen molar-refractivity contribution in [1.29, 1.82) is 0 Å². The second-order valence-corrected chi connectivity index (χ2v) is 10.4. The monoisotopic (exact) mass is 645 g/mol. The Labute approximate surface area is 291 Å². The number of sulfone groups is 1. The molecule has 3 aromatic rings. The van der Waals surface area contributed by atoms with Gasteiger partial charge in [-0.15, -0.1) is 0 Å². The van der Waals surface area contributed by atoms with Gasteiger partial charge in [0.05, 0.1) is 49.5 Å². The van der Waals surface area contributed by atoms with Crippen molar-refractivity contribution in [3.63, 3.8) is 0 Å². The molecule has 0 saturated carbocycles. The van der Waals surface area contributed by atoms with E-state index in [-0.39, 0.29) is 62.0 Å². The van der Waals surface area contributed by atoms with Crippen LogP contribution in [0.5, 0.6) is 23.0 Å². The summed E-state index contributed by atoms with van der Waals surface area (Å²) in [6.07, 6.45) is 0. The van der Waals surface area contributed by atoms with Gasteiger partial charge in [-0.2, -0.15) is 0 Å². The first kappa shape index (κ1) is 36.6. The molecule has 0 atom stereocenters. The van der Waals surface area contributed by atoms with Crippen molar-refractivity contribution in [2.45, 2.75) is 4.90 Å². The Balaban J connectivity index is 0.000000328. The maximum absolute atomic E-state index is 11.4. The van der Waals surface area contributed by atoms with Crippen LogP contribution in [0.2, 0.25) is 0 Å². The number of hydrogen-bond donors (Lipinski definition) is 1. The molecule has 1 aliphatic rings. The number of nitro groups is 1. The number of para-hydroxylation sites is 4. The van der Waals surface area contributed by atoms with E-state index in [1.165, 1.54) is 0 Å². The third-order valence-electron chi connectivity index (χ3n) is 5.35. The fraction of sp³-hybridized carbons (Fsp3) is 0.321. The van der Waals surface area contributed by atoms with Crippen LogP contribution in [0.3, 0.4) is 0 Å². The first-order chi connectivity index (χ1) is 20.3. The number of carboxylic acids is 1. The van der Waals surface area contributed by atoms with Crippen LogP contribution < -0.4 is 14.2 Å². The molecule has 0 radical (unpaired) electrons. The average Bonchev–Trinajstić information content (AvgIpc) is 2.96. The molecule has 13 nitrogen and oxygen atoms in total. The van der Waals surface area contributed by atoms with Gasteiger partial charge in [-0.1, -0.05) is 24.3 Å². The SMILES string of the molecule is O=C(O)CS(=O)(=O)c1ccc([N+](=O)[O-])cc1.[KH].c1ccc2c(c1)OCCOCCOCCOCCOc1ccccc1O2. The summed E-state index contributed by atoms with van der Waals surface area (Å²) in [5.41, 5.74) is -0.255. The van der Waals surface area contributed by atoms with Gasteiger partial charge in [0.2, 0.25) is 0 Å². The molecule has 0 aliphatic carbocycles. The van der Waals surface area contributed by atoms with Gasteiger partial charge in [0.1, 0.15) is 13.2 Å². The number of aliphatic carboxylic acids is 1. The van der Waals surface area contributed by atoms with Crippen molar-refractivity contribution < 1.29 is 51.7 Å². The predicted molar refractivity (Wildman–Crippen MR) is 156 cm³/mol. The van der Waals surface area contributed by atoms with Crippen molar-refractivity contribution >= 4 is 72.9 Å². The van der Waals surface area contributed by atoms with Crippen molar-refractivity contribution in [2.24, 2.45) is 0 Å². The Morgan fingerprint density at radius 3 is 1.49 bits per heavy atom. The van der Waals surface area contributed by atoms with Crippen LogP contribution in [-0.2, 0) is 28.8 Å². The van der Waals surface area contributed by atoms with Gasteiger partial charge in [-0.3, -0.25) is 14.9 Å². The molecule has 1 aliphatic heterocycles. The molecule has 0 aromatic heterocycles.